The van der Waals surface area contributed by atoms with E-state index in [4.69, 9.17) is 16.3 Å². The highest BCUT2D eigenvalue weighted by Crippen LogP contribution is 2.23. The number of aryl methyl sites for hydroxylation is 1. The third-order valence-corrected chi connectivity index (χ3v) is 5.07. The van der Waals surface area contributed by atoms with Gasteiger partial charge in [0.1, 0.15) is 0 Å². The quantitative estimate of drug-likeness (QED) is 0.683. The van der Waals surface area contributed by atoms with Crippen LogP contribution in [0.5, 0.6) is 0 Å². The summed E-state index contributed by atoms with van der Waals surface area (Å²) < 4.78 is 32.4. The zero-order valence-electron chi connectivity index (χ0n) is 10.1. The number of alkyl halides is 1. The number of sulfonamides is 1. The van der Waals surface area contributed by atoms with Gasteiger partial charge in [-0.25, -0.2) is 8.42 Å². The minimum Gasteiger partial charge on any atom is -0.383 e. The predicted octanol–water partition coefficient (Wildman–Crippen LogP) is 1.11. The standard InChI is InChI=1S/C9H15BrClN3O3S/c1-13-9(8(11)7-12-13)18(15,16)14(4-3-10)5-6-17-2/h7H,3-6H2,1-2H3. The largest absolute Gasteiger partial charge is 0.383 e. The summed E-state index contributed by atoms with van der Waals surface area (Å²) in [4.78, 5) is 0. The van der Waals surface area contributed by atoms with Gasteiger partial charge in [0.05, 0.1) is 17.8 Å². The number of nitrogens with zero attached hydrogens (tertiary/aromatic N) is 3. The van der Waals surface area contributed by atoms with Gasteiger partial charge in [0, 0.05) is 32.6 Å². The Morgan fingerprint density at radius 1 is 1.56 bits per heavy atom. The molecule has 6 nitrogen and oxygen atoms in total. The summed E-state index contributed by atoms with van der Waals surface area (Å²) in [6, 6.07) is 0. The molecule has 0 aliphatic heterocycles. The summed E-state index contributed by atoms with van der Waals surface area (Å²) in [5.74, 6) is 0. The molecule has 18 heavy (non-hydrogen) atoms. The van der Waals surface area contributed by atoms with Crippen LogP contribution in [-0.2, 0) is 21.8 Å². The Morgan fingerprint density at radius 2 is 2.22 bits per heavy atom. The van der Waals surface area contributed by atoms with Crippen LogP contribution in [0.1, 0.15) is 0 Å². The zero-order chi connectivity index (χ0) is 13.8. The van der Waals surface area contributed by atoms with Gasteiger partial charge >= 0.3 is 0 Å². The minimum absolute atomic E-state index is 0.00113. The molecule has 0 aliphatic rings. The lowest BCUT2D eigenvalue weighted by atomic mass is 10.6. The monoisotopic (exact) mass is 359 g/mol. The van der Waals surface area contributed by atoms with E-state index in [0.29, 0.717) is 18.5 Å². The van der Waals surface area contributed by atoms with Crippen molar-refractivity contribution in [1.82, 2.24) is 14.1 Å². The second-order valence-corrected chi connectivity index (χ2v) is 6.56. The Balaban J connectivity index is 3.09. The Labute approximate surface area is 120 Å². The third kappa shape index (κ3) is 3.45. The number of aromatic nitrogens is 2. The summed E-state index contributed by atoms with van der Waals surface area (Å²) in [7, 11) is -0.595. The predicted molar refractivity (Wildman–Crippen MR) is 72.6 cm³/mol. The molecule has 0 bridgehead atoms. The van der Waals surface area contributed by atoms with Crippen molar-refractivity contribution in [3.8, 4) is 0 Å². The molecule has 9 heteroatoms. The molecule has 0 amide bonds. The smallest absolute Gasteiger partial charge is 0.261 e. The highest BCUT2D eigenvalue weighted by Gasteiger charge is 2.29. The van der Waals surface area contributed by atoms with Crippen molar-refractivity contribution in [2.24, 2.45) is 7.05 Å². The first kappa shape index (κ1) is 15.9. The molecule has 0 unspecified atom stereocenters. The van der Waals surface area contributed by atoms with E-state index in [2.05, 4.69) is 21.0 Å². The number of hydrogen-bond donors (Lipinski definition) is 0. The van der Waals surface area contributed by atoms with Crippen LogP contribution in [-0.4, -0.2) is 54.6 Å². The van der Waals surface area contributed by atoms with E-state index in [9.17, 15) is 8.42 Å². The molecular formula is C9H15BrClN3O3S. The average Bonchev–Trinajstić information content (AvgIpc) is 2.64. The van der Waals surface area contributed by atoms with Crippen molar-refractivity contribution in [2.45, 2.75) is 5.03 Å². The van der Waals surface area contributed by atoms with Crippen molar-refractivity contribution < 1.29 is 13.2 Å². The highest BCUT2D eigenvalue weighted by molar-refractivity contribution is 9.09. The molecule has 0 aromatic carbocycles. The second kappa shape index (κ2) is 6.85. The average molecular weight is 361 g/mol. The number of hydrogen-bond acceptors (Lipinski definition) is 4. The van der Waals surface area contributed by atoms with Crippen LogP contribution >= 0.6 is 27.5 Å². The molecule has 1 heterocycles. The number of ether oxygens (including phenoxy) is 1. The van der Waals surface area contributed by atoms with Gasteiger partial charge in [0.25, 0.3) is 10.0 Å². The van der Waals surface area contributed by atoms with E-state index in [0.717, 1.165) is 0 Å². The van der Waals surface area contributed by atoms with Gasteiger partial charge in [-0.05, 0) is 0 Å². The molecule has 0 aliphatic carbocycles. The summed E-state index contributed by atoms with van der Waals surface area (Å²) in [6.07, 6.45) is 1.32. The van der Waals surface area contributed by atoms with Crippen LogP contribution in [0.2, 0.25) is 5.02 Å². The minimum atomic E-state index is -3.66. The van der Waals surface area contributed by atoms with Gasteiger partial charge in [-0.3, -0.25) is 4.68 Å². The summed E-state index contributed by atoms with van der Waals surface area (Å²) in [5, 5.41) is 4.50. The summed E-state index contributed by atoms with van der Waals surface area (Å²) >= 11 is 9.11. The fourth-order valence-electron chi connectivity index (χ4n) is 1.45. The fourth-order valence-corrected chi connectivity index (χ4v) is 4.14. The molecule has 104 valence electrons. The first-order chi connectivity index (χ1) is 8.45. The van der Waals surface area contributed by atoms with Gasteiger partial charge in [0.2, 0.25) is 0 Å². The molecular weight excluding hydrogens is 346 g/mol. The van der Waals surface area contributed by atoms with Crippen LogP contribution in [0.15, 0.2) is 11.2 Å². The zero-order valence-corrected chi connectivity index (χ0v) is 13.3. The molecule has 0 saturated heterocycles. The molecule has 0 N–H and O–H groups in total. The molecule has 0 spiro atoms. The Kier molecular flexibility index (Phi) is 6.06. The van der Waals surface area contributed by atoms with E-state index < -0.39 is 10.0 Å². The first-order valence-corrected chi connectivity index (χ1v) is 8.11. The summed E-state index contributed by atoms with van der Waals surface area (Å²) in [5.41, 5.74) is 0. The maximum absolute atomic E-state index is 12.4. The van der Waals surface area contributed by atoms with E-state index >= 15 is 0 Å². The van der Waals surface area contributed by atoms with Crippen LogP contribution in [0.3, 0.4) is 0 Å². The summed E-state index contributed by atoms with van der Waals surface area (Å²) in [6.45, 7) is 0.931. The van der Waals surface area contributed by atoms with Crippen molar-refractivity contribution in [3.05, 3.63) is 11.2 Å². The van der Waals surface area contributed by atoms with Crippen LogP contribution in [0, 0.1) is 0 Å². The molecule has 0 saturated carbocycles. The van der Waals surface area contributed by atoms with Gasteiger partial charge in [-0.1, -0.05) is 27.5 Å². The van der Waals surface area contributed by atoms with Gasteiger partial charge < -0.3 is 4.74 Å². The Hall–Kier alpha value is -0.150. The van der Waals surface area contributed by atoms with Crippen LogP contribution < -0.4 is 0 Å². The number of rotatable bonds is 7. The van der Waals surface area contributed by atoms with Crippen molar-refractivity contribution in [1.29, 1.82) is 0 Å². The first-order valence-electron chi connectivity index (χ1n) is 5.17. The van der Waals surface area contributed by atoms with Crippen molar-refractivity contribution in [3.63, 3.8) is 0 Å². The van der Waals surface area contributed by atoms with E-state index in [1.54, 1.807) is 7.05 Å². The highest BCUT2D eigenvalue weighted by atomic mass is 79.9. The third-order valence-electron chi connectivity index (χ3n) is 2.31. The van der Waals surface area contributed by atoms with Gasteiger partial charge in [-0.2, -0.15) is 9.40 Å². The Morgan fingerprint density at radius 3 is 2.67 bits per heavy atom. The maximum atomic E-state index is 12.4. The van der Waals surface area contributed by atoms with Crippen LogP contribution in [0.25, 0.3) is 0 Å². The molecule has 1 aromatic heterocycles. The molecule has 0 atom stereocenters. The number of halogens is 2. The molecule has 1 aromatic rings. The van der Waals surface area contributed by atoms with E-state index in [-0.39, 0.29) is 16.6 Å². The Bertz CT molecular complexity index is 472. The molecule has 0 fully saturated rings. The maximum Gasteiger partial charge on any atom is 0.261 e. The van der Waals surface area contributed by atoms with E-state index in [1.165, 1.54) is 22.3 Å². The SMILES string of the molecule is COCCN(CCBr)S(=O)(=O)c1c(Cl)cnn1C. The lowest BCUT2D eigenvalue weighted by Gasteiger charge is -2.20. The lowest BCUT2D eigenvalue weighted by molar-refractivity contribution is 0.180. The van der Waals surface area contributed by atoms with Gasteiger partial charge in [0.15, 0.2) is 5.03 Å². The van der Waals surface area contributed by atoms with E-state index in [1.807, 2.05) is 0 Å². The topological polar surface area (TPSA) is 64.4 Å². The fraction of sp³-hybridized carbons (Fsp3) is 0.667. The normalized spacial score (nSPS) is 12.3. The second-order valence-electron chi connectivity index (χ2n) is 3.51. The van der Waals surface area contributed by atoms with Crippen LogP contribution in [0.4, 0.5) is 0 Å². The lowest BCUT2D eigenvalue weighted by Crippen LogP contribution is -2.36. The molecule has 0 radical (unpaired) electrons. The van der Waals surface area contributed by atoms with Crippen molar-refractivity contribution in [2.75, 3.05) is 32.1 Å². The molecule has 1 rings (SSSR count). The van der Waals surface area contributed by atoms with Gasteiger partial charge in [-0.15, -0.1) is 0 Å². The number of methoxy groups -OCH3 is 1. The van der Waals surface area contributed by atoms with Crippen molar-refractivity contribution >= 4 is 37.6 Å².